The summed E-state index contributed by atoms with van der Waals surface area (Å²) in [4.78, 5) is 16.8. The standard InChI is InChI=1S/C11H11NO2/c1-8-7-9-5-3-4-6-10(9)11(13)12(8)14-2/h3-7H,1-2H3. The molecule has 0 aliphatic carbocycles. The minimum atomic E-state index is -0.108. The van der Waals surface area contributed by atoms with Crippen molar-refractivity contribution in [2.45, 2.75) is 6.92 Å². The second-order valence-corrected chi connectivity index (χ2v) is 3.16. The molecule has 0 saturated carbocycles. The Balaban J connectivity index is 2.93. The first-order chi connectivity index (χ1) is 6.74. The van der Waals surface area contributed by atoms with Crippen LogP contribution in [0.3, 0.4) is 0 Å². The van der Waals surface area contributed by atoms with Gasteiger partial charge in [0.05, 0.1) is 11.1 Å². The van der Waals surface area contributed by atoms with Crippen molar-refractivity contribution in [3.63, 3.8) is 0 Å². The second kappa shape index (κ2) is 3.18. The zero-order valence-corrected chi connectivity index (χ0v) is 8.15. The van der Waals surface area contributed by atoms with Gasteiger partial charge in [0.2, 0.25) is 0 Å². The zero-order valence-electron chi connectivity index (χ0n) is 8.15. The van der Waals surface area contributed by atoms with Gasteiger partial charge in [-0.2, -0.15) is 0 Å². The normalized spacial score (nSPS) is 10.4. The molecule has 0 fully saturated rings. The fourth-order valence-corrected chi connectivity index (χ4v) is 1.60. The van der Waals surface area contributed by atoms with Crippen LogP contribution < -0.4 is 10.4 Å². The predicted molar refractivity (Wildman–Crippen MR) is 55.4 cm³/mol. The Bertz CT molecular complexity index is 528. The van der Waals surface area contributed by atoms with Crippen molar-refractivity contribution in [1.29, 1.82) is 0 Å². The van der Waals surface area contributed by atoms with Crippen molar-refractivity contribution in [2.24, 2.45) is 0 Å². The Hall–Kier alpha value is -1.77. The summed E-state index contributed by atoms with van der Waals surface area (Å²) >= 11 is 0. The molecule has 0 unspecified atom stereocenters. The van der Waals surface area contributed by atoms with Crippen LogP contribution in [-0.4, -0.2) is 11.8 Å². The number of hydrogen-bond acceptors (Lipinski definition) is 2. The summed E-state index contributed by atoms with van der Waals surface area (Å²) in [5.74, 6) is 0. The molecule has 1 aromatic carbocycles. The van der Waals surface area contributed by atoms with Gasteiger partial charge in [0.25, 0.3) is 5.56 Å². The molecule has 2 rings (SSSR count). The van der Waals surface area contributed by atoms with Crippen LogP contribution in [0.25, 0.3) is 10.8 Å². The smallest absolute Gasteiger partial charge is 0.291 e. The number of pyridine rings is 1. The molecule has 1 aromatic heterocycles. The van der Waals surface area contributed by atoms with E-state index in [4.69, 9.17) is 4.84 Å². The number of benzene rings is 1. The van der Waals surface area contributed by atoms with E-state index in [1.807, 2.05) is 31.2 Å². The van der Waals surface area contributed by atoms with E-state index in [0.717, 1.165) is 11.1 Å². The average molecular weight is 189 g/mol. The highest BCUT2D eigenvalue weighted by atomic mass is 16.6. The van der Waals surface area contributed by atoms with Crippen molar-refractivity contribution in [3.8, 4) is 0 Å². The van der Waals surface area contributed by atoms with Crippen molar-refractivity contribution in [3.05, 3.63) is 46.4 Å². The minimum absolute atomic E-state index is 0.108. The zero-order chi connectivity index (χ0) is 10.1. The Kier molecular flexibility index (Phi) is 2.00. The Morgan fingerprint density at radius 2 is 2.00 bits per heavy atom. The maximum absolute atomic E-state index is 11.8. The van der Waals surface area contributed by atoms with Gasteiger partial charge in [-0.1, -0.05) is 18.2 Å². The molecule has 0 atom stereocenters. The summed E-state index contributed by atoms with van der Waals surface area (Å²) in [7, 11) is 1.49. The summed E-state index contributed by atoms with van der Waals surface area (Å²) < 4.78 is 1.29. The summed E-state index contributed by atoms with van der Waals surface area (Å²) in [5.41, 5.74) is 0.694. The van der Waals surface area contributed by atoms with E-state index in [0.29, 0.717) is 5.39 Å². The first-order valence-electron chi connectivity index (χ1n) is 4.40. The van der Waals surface area contributed by atoms with Gasteiger partial charge in [-0.3, -0.25) is 4.79 Å². The number of aromatic nitrogens is 1. The van der Waals surface area contributed by atoms with Crippen LogP contribution in [0.2, 0.25) is 0 Å². The quantitative estimate of drug-likeness (QED) is 0.678. The van der Waals surface area contributed by atoms with E-state index >= 15 is 0 Å². The molecule has 0 aliphatic heterocycles. The fourth-order valence-electron chi connectivity index (χ4n) is 1.60. The maximum Gasteiger partial charge on any atom is 0.291 e. The molecule has 3 nitrogen and oxygen atoms in total. The van der Waals surface area contributed by atoms with Crippen molar-refractivity contribution in [2.75, 3.05) is 7.11 Å². The van der Waals surface area contributed by atoms with E-state index in [1.54, 1.807) is 6.07 Å². The SMILES string of the molecule is COn1c(C)cc2ccccc2c1=O. The molecule has 3 heteroatoms. The molecule has 0 radical (unpaired) electrons. The van der Waals surface area contributed by atoms with Crippen LogP contribution in [0.15, 0.2) is 35.1 Å². The molecular formula is C11H11NO2. The van der Waals surface area contributed by atoms with Crippen LogP contribution >= 0.6 is 0 Å². The van der Waals surface area contributed by atoms with Crippen molar-refractivity contribution >= 4 is 10.8 Å². The van der Waals surface area contributed by atoms with Crippen LogP contribution in [0.1, 0.15) is 5.69 Å². The van der Waals surface area contributed by atoms with E-state index in [2.05, 4.69) is 0 Å². The molecular weight excluding hydrogens is 178 g/mol. The summed E-state index contributed by atoms with van der Waals surface area (Å²) in [6.45, 7) is 1.84. The first kappa shape index (κ1) is 8.81. The second-order valence-electron chi connectivity index (χ2n) is 3.16. The summed E-state index contributed by atoms with van der Waals surface area (Å²) in [6.07, 6.45) is 0. The van der Waals surface area contributed by atoms with Gasteiger partial charge in [-0.05, 0) is 24.4 Å². The van der Waals surface area contributed by atoms with Crippen LogP contribution in [-0.2, 0) is 0 Å². The molecule has 2 aromatic rings. The van der Waals surface area contributed by atoms with Crippen LogP contribution in [0.5, 0.6) is 0 Å². The molecule has 0 aliphatic rings. The van der Waals surface area contributed by atoms with E-state index in [9.17, 15) is 4.79 Å². The average Bonchev–Trinajstić information content (AvgIpc) is 2.18. The number of rotatable bonds is 1. The molecule has 1 heterocycles. The lowest BCUT2D eigenvalue weighted by Crippen LogP contribution is -2.26. The largest absolute Gasteiger partial charge is 0.414 e. The third kappa shape index (κ3) is 1.18. The molecule has 0 saturated heterocycles. The highest BCUT2D eigenvalue weighted by Crippen LogP contribution is 2.10. The monoisotopic (exact) mass is 189 g/mol. The van der Waals surface area contributed by atoms with Crippen LogP contribution in [0, 0.1) is 6.92 Å². The lowest BCUT2D eigenvalue weighted by molar-refractivity contribution is 0.153. The number of fused-ring (bicyclic) bond motifs is 1. The molecule has 14 heavy (non-hydrogen) atoms. The third-order valence-corrected chi connectivity index (χ3v) is 2.24. The number of hydrogen-bond donors (Lipinski definition) is 0. The Morgan fingerprint density at radius 1 is 1.29 bits per heavy atom. The molecule has 0 amide bonds. The van der Waals surface area contributed by atoms with Gasteiger partial charge in [0.1, 0.15) is 7.11 Å². The van der Waals surface area contributed by atoms with E-state index < -0.39 is 0 Å². The third-order valence-electron chi connectivity index (χ3n) is 2.24. The Morgan fingerprint density at radius 3 is 2.71 bits per heavy atom. The van der Waals surface area contributed by atoms with Gasteiger partial charge in [-0.15, -0.1) is 4.73 Å². The molecule has 72 valence electrons. The number of aryl methyl sites for hydroxylation is 1. The fraction of sp³-hybridized carbons (Fsp3) is 0.182. The number of nitrogens with zero attached hydrogens (tertiary/aromatic N) is 1. The lowest BCUT2D eigenvalue weighted by Gasteiger charge is -2.08. The van der Waals surface area contributed by atoms with Gasteiger partial charge < -0.3 is 4.84 Å². The topological polar surface area (TPSA) is 31.2 Å². The van der Waals surface area contributed by atoms with Gasteiger partial charge in [0.15, 0.2) is 0 Å². The van der Waals surface area contributed by atoms with Gasteiger partial charge >= 0.3 is 0 Å². The summed E-state index contributed by atoms with van der Waals surface area (Å²) in [5, 5.41) is 1.63. The lowest BCUT2D eigenvalue weighted by atomic mass is 10.1. The van der Waals surface area contributed by atoms with E-state index in [1.165, 1.54) is 11.8 Å². The molecule has 0 spiro atoms. The highest BCUT2D eigenvalue weighted by molar-refractivity contribution is 5.81. The minimum Gasteiger partial charge on any atom is -0.414 e. The van der Waals surface area contributed by atoms with Crippen molar-refractivity contribution in [1.82, 2.24) is 4.73 Å². The predicted octanol–water partition coefficient (Wildman–Crippen LogP) is 1.37. The van der Waals surface area contributed by atoms with Gasteiger partial charge in [-0.25, -0.2) is 0 Å². The highest BCUT2D eigenvalue weighted by Gasteiger charge is 2.04. The Labute approximate surface area is 81.5 Å². The molecule has 0 bridgehead atoms. The molecule has 0 N–H and O–H groups in total. The van der Waals surface area contributed by atoms with Gasteiger partial charge in [0, 0.05) is 0 Å². The maximum atomic E-state index is 11.8. The van der Waals surface area contributed by atoms with Crippen LogP contribution in [0.4, 0.5) is 0 Å². The van der Waals surface area contributed by atoms with E-state index in [-0.39, 0.29) is 5.56 Å². The summed E-state index contributed by atoms with van der Waals surface area (Å²) in [6, 6.07) is 9.41. The van der Waals surface area contributed by atoms with Crippen molar-refractivity contribution < 1.29 is 4.84 Å². The first-order valence-corrected chi connectivity index (χ1v) is 4.40.